The molecule has 5 nitrogen and oxygen atoms in total. The van der Waals surface area contributed by atoms with Crippen LogP contribution in [0.15, 0.2) is 18.2 Å². The van der Waals surface area contributed by atoms with Crippen molar-refractivity contribution in [3.05, 3.63) is 29.6 Å². The van der Waals surface area contributed by atoms with Crippen LogP contribution in [0.5, 0.6) is 0 Å². The van der Waals surface area contributed by atoms with Crippen LogP contribution in [0.25, 0.3) is 0 Å². The van der Waals surface area contributed by atoms with E-state index in [9.17, 15) is 14.0 Å². The highest BCUT2D eigenvalue weighted by Gasteiger charge is 2.35. The van der Waals surface area contributed by atoms with Gasteiger partial charge in [0.1, 0.15) is 5.82 Å². The fourth-order valence-electron chi connectivity index (χ4n) is 2.67. The summed E-state index contributed by atoms with van der Waals surface area (Å²) in [6, 6.07) is 4.76. The normalized spacial score (nSPS) is 16.9. The summed E-state index contributed by atoms with van der Waals surface area (Å²) in [5.74, 6) is -1.21. The van der Waals surface area contributed by atoms with Crippen LogP contribution in [-0.4, -0.2) is 38.0 Å². The third kappa shape index (κ3) is 5.18. The number of nitrogens with zero attached hydrogens (tertiary/aromatic N) is 1. The van der Waals surface area contributed by atoms with E-state index in [1.807, 2.05) is 0 Å². The maximum atomic E-state index is 14.0. The molecule has 1 saturated heterocycles. The Hall–Kier alpha value is -1.66. The third-order valence-corrected chi connectivity index (χ3v) is 3.92. The van der Waals surface area contributed by atoms with Crippen LogP contribution in [0.4, 0.5) is 10.1 Å². The van der Waals surface area contributed by atoms with E-state index in [0.29, 0.717) is 13.1 Å². The lowest BCUT2D eigenvalue weighted by Crippen LogP contribution is -2.37. The zero-order valence-electron chi connectivity index (χ0n) is 14.1. The van der Waals surface area contributed by atoms with Crippen LogP contribution in [0, 0.1) is 18.7 Å². The summed E-state index contributed by atoms with van der Waals surface area (Å²) in [6.07, 6.45) is 1.17. The zero-order valence-corrected chi connectivity index (χ0v) is 14.9. The molecule has 1 aromatic carbocycles. The van der Waals surface area contributed by atoms with Gasteiger partial charge in [0.15, 0.2) is 0 Å². The van der Waals surface area contributed by atoms with Crippen molar-refractivity contribution < 1.29 is 14.0 Å². The molecule has 0 radical (unpaired) electrons. The first kappa shape index (κ1) is 20.4. The average molecular weight is 358 g/mol. The number of carbonyl (C=O) groups excluding carboxylic acids is 2. The van der Waals surface area contributed by atoms with Gasteiger partial charge in [0.25, 0.3) is 0 Å². The van der Waals surface area contributed by atoms with Crippen molar-refractivity contribution in [1.29, 1.82) is 0 Å². The van der Waals surface area contributed by atoms with Crippen molar-refractivity contribution in [3.8, 4) is 0 Å². The molecule has 1 unspecified atom stereocenters. The second kappa shape index (κ2) is 9.59. The van der Waals surface area contributed by atoms with Crippen molar-refractivity contribution in [2.24, 2.45) is 5.92 Å². The molecule has 7 heteroatoms. The van der Waals surface area contributed by atoms with E-state index in [1.54, 1.807) is 19.1 Å². The van der Waals surface area contributed by atoms with Crippen molar-refractivity contribution in [3.63, 3.8) is 0 Å². The van der Waals surface area contributed by atoms with Gasteiger partial charge >= 0.3 is 0 Å². The minimum atomic E-state index is -0.428. The number of hydrogen-bond donors (Lipinski definition) is 2. The topological polar surface area (TPSA) is 61.4 Å². The third-order valence-electron chi connectivity index (χ3n) is 3.92. The summed E-state index contributed by atoms with van der Waals surface area (Å²) in [7, 11) is 0. The summed E-state index contributed by atoms with van der Waals surface area (Å²) in [5, 5.41) is 6.02. The van der Waals surface area contributed by atoms with Crippen molar-refractivity contribution in [1.82, 2.24) is 10.6 Å². The fraction of sp³-hybridized carbons (Fsp3) is 0.529. The molecule has 0 bridgehead atoms. The smallest absolute Gasteiger partial charge is 0.227 e. The first-order valence-corrected chi connectivity index (χ1v) is 8.08. The lowest BCUT2D eigenvalue weighted by Gasteiger charge is -2.17. The molecule has 2 rings (SSSR count). The number of carbonyl (C=O) groups is 2. The van der Waals surface area contributed by atoms with Gasteiger partial charge in [-0.1, -0.05) is 13.0 Å². The Morgan fingerprint density at radius 2 is 2.08 bits per heavy atom. The molecule has 1 aliphatic rings. The highest BCUT2D eigenvalue weighted by Crippen LogP contribution is 2.28. The summed E-state index contributed by atoms with van der Waals surface area (Å²) in [4.78, 5) is 25.6. The summed E-state index contributed by atoms with van der Waals surface area (Å²) < 4.78 is 14.0. The number of halogens is 2. The Bertz CT molecular complexity index is 583. The van der Waals surface area contributed by atoms with Crippen molar-refractivity contribution >= 4 is 29.9 Å². The zero-order chi connectivity index (χ0) is 16.8. The maximum absolute atomic E-state index is 14.0. The Kier molecular flexibility index (Phi) is 8.15. The predicted molar refractivity (Wildman–Crippen MR) is 95.0 cm³/mol. The molecule has 2 N–H and O–H groups in total. The van der Waals surface area contributed by atoms with E-state index in [2.05, 4.69) is 17.6 Å². The van der Waals surface area contributed by atoms with Gasteiger partial charge in [-0.15, -0.1) is 12.4 Å². The van der Waals surface area contributed by atoms with Crippen LogP contribution >= 0.6 is 12.4 Å². The maximum Gasteiger partial charge on any atom is 0.227 e. The number of rotatable bonds is 7. The monoisotopic (exact) mass is 357 g/mol. The molecular weight excluding hydrogens is 333 g/mol. The van der Waals surface area contributed by atoms with Crippen LogP contribution in [0.1, 0.15) is 25.3 Å². The van der Waals surface area contributed by atoms with E-state index in [0.717, 1.165) is 18.5 Å². The van der Waals surface area contributed by atoms with Crippen molar-refractivity contribution in [2.45, 2.75) is 26.7 Å². The van der Waals surface area contributed by atoms with E-state index in [4.69, 9.17) is 0 Å². The quantitative estimate of drug-likeness (QED) is 0.734. The van der Waals surface area contributed by atoms with Gasteiger partial charge in [-0.05, 0) is 37.6 Å². The van der Waals surface area contributed by atoms with E-state index < -0.39 is 11.7 Å². The molecule has 1 fully saturated rings. The summed E-state index contributed by atoms with van der Waals surface area (Å²) in [5.41, 5.74) is 1.05. The second-order valence-electron chi connectivity index (χ2n) is 5.90. The van der Waals surface area contributed by atoms with Gasteiger partial charge in [-0.3, -0.25) is 9.59 Å². The molecule has 1 heterocycles. The summed E-state index contributed by atoms with van der Waals surface area (Å²) >= 11 is 0. The number of benzene rings is 1. The Morgan fingerprint density at radius 1 is 1.33 bits per heavy atom. The minimum Gasteiger partial charge on any atom is -0.355 e. The van der Waals surface area contributed by atoms with Gasteiger partial charge in [-0.25, -0.2) is 4.39 Å². The molecule has 24 heavy (non-hydrogen) atoms. The molecule has 0 spiro atoms. The van der Waals surface area contributed by atoms with Crippen molar-refractivity contribution in [2.75, 3.05) is 31.1 Å². The SMILES string of the molecule is CCCNCCNC(=O)C1CC(=O)N(c2ccc(C)cc2F)C1.Cl. The number of hydrogen-bond acceptors (Lipinski definition) is 3. The minimum absolute atomic E-state index is 0. The number of nitrogens with one attached hydrogen (secondary N) is 2. The molecule has 1 aromatic rings. The van der Waals surface area contributed by atoms with Gasteiger partial charge < -0.3 is 15.5 Å². The Labute approximate surface area is 148 Å². The van der Waals surface area contributed by atoms with Crippen LogP contribution < -0.4 is 15.5 Å². The van der Waals surface area contributed by atoms with Gasteiger partial charge in [0.05, 0.1) is 11.6 Å². The summed E-state index contributed by atoms with van der Waals surface area (Å²) in [6.45, 7) is 6.25. The molecule has 0 saturated carbocycles. The molecule has 2 amide bonds. The highest BCUT2D eigenvalue weighted by atomic mass is 35.5. The standard InChI is InChI=1S/C17H24FN3O2.ClH/c1-3-6-19-7-8-20-17(23)13-10-16(22)21(11-13)15-5-4-12(2)9-14(15)18;/h4-5,9,13,19H,3,6-8,10-11H2,1-2H3,(H,20,23);1H. The molecular formula is C17H25ClFN3O2. The predicted octanol–water partition coefficient (Wildman–Crippen LogP) is 2.02. The molecule has 1 aliphatic heterocycles. The lowest BCUT2D eigenvalue weighted by molar-refractivity contribution is -0.126. The lowest BCUT2D eigenvalue weighted by atomic mass is 10.1. The van der Waals surface area contributed by atoms with Crippen LogP contribution in [0.3, 0.4) is 0 Å². The number of amides is 2. The van der Waals surface area contributed by atoms with E-state index in [-0.39, 0.29) is 42.9 Å². The Morgan fingerprint density at radius 3 is 2.75 bits per heavy atom. The van der Waals surface area contributed by atoms with Gasteiger partial charge in [0, 0.05) is 26.1 Å². The molecule has 1 atom stereocenters. The number of anilines is 1. The van der Waals surface area contributed by atoms with Crippen LogP contribution in [0.2, 0.25) is 0 Å². The van der Waals surface area contributed by atoms with Gasteiger partial charge in [-0.2, -0.15) is 0 Å². The fourth-order valence-corrected chi connectivity index (χ4v) is 2.67. The van der Waals surface area contributed by atoms with Crippen LogP contribution in [-0.2, 0) is 9.59 Å². The number of aryl methyl sites for hydroxylation is 1. The second-order valence-corrected chi connectivity index (χ2v) is 5.90. The Balaban J connectivity index is 0.00000288. The first-order chi connectivity index (χ1) is 11.0. The van der Waals surface area contributed by atoms with Gasteiger partial charge in [0.2, 0.25) is 11.8 Å². The van der Waals surface area contributed by atoms with E-state index in [1.165, 1.54) is 11.0 Å². The first-order valence-electron chi connectivity index (χ1n) is 8.08. The molecule has 0 aromatic heterocycles. The largest absolute Gasteiger partial charge is 0.355 e. The molecule has 0 aliphatic carbocycles. The average Bonchev–Trinajstić information content (AvgIpc) is 2.89. The van der Waals surface area contributed by atoms with E-state index >= 15 is 0 Å². The highest BCUT2D eigenvalue weighted by molar-refractivity contribution is 6.00. The molecule has 134 valence electrons.